The Morgan fingerprint density at radius 3 is 2.17 bits per heavy atom. The molecule has 0 fully saturated rings. The molecule has 0 saturated carbocycles. The fourth-order valence-corrected chi connectivity index (χ4v) is 1.76. The molecule has 0 saturated heterocycles. The van der Waals surface area contributed by atoms with Crippen LogP contribution in [0.5, 0.6) is 17.2 Å². The minimum atomic E-state index is -1.23. The summed E-state index contributed by atoms with van der Waals surface area (Å²) < 4.78 is 16.3. The summed E-state index contributed by atoms with van der Waals surface area (Å²) >= 11 is 0. The Morgan fingerprint density at radius 2 is 1.62 bits per heavy atom. The van der Waals surface area contributed by atoms with Gasteiger partial charge in [-0.3, -0.25) is 4.79 Å². The number of para-hydroxylation sites is 1. The molecule has 1 unspecified atom stereocenters. The molecule has 0 amide bonds. The van der Waals surface area contributed by atoms with Crippen molar-refractivity contribution >= 4 is 11.8 Å². The molecule has 0 bridgehead atoms. The number of carbonyl (C=O) groups is 1. The number of hydrogen-bond donors (Lipinski definition) is 2. The van der Waals surface area contributed by atoms with Gasteiger partial charge in [0.15, 0.2) is 0 Å². The van der Waals surface area contributed by atoms with Gasteiger partial charge in [-0.2, -0.15) is 0 Å². The van der Waals surface area contributed by atoms with E-state index >= 15 is 0 Å². The number of benzene rings is 2. The Balaban J connectivity index is 2.02. The van der Waals surface area contributed by atoms with E-state index in [-0.39, 0.29) is 11.8 Å². The lowest BCUT2D eigenvalue weighted by atomic mass is 10.3. The van der Waals surface area contributed by atoms with Crippen molar-refractivity contribution in [1.29, 1.82) is 0 Å². The van der Waals surface area contributed by atoms with Crippen LogP contribution in [-0.2, 0) is 9.53 Å². The van der Waals surface area contributed by atoms with E-state index in [2.05, 4.69) is 10.5 Å². The van der Waals surface area contributed by atoms with Gasteiger partial charge in [0, 0.05) is 14.0 Å². The van der Waals surface area contributed by atoms with Gasteiger partial charge < -0.3 is 24.7 Å². The van der Waals surface area contributed by atoms with Crippen LogP contribution in [-0.4, -0.2) is 30.3 Å². The summed E-state index contributed by atoms with van der Waals surface area (Å²) in [6, 6.07) is 15.8. The lowest BCUT2D eigenvalue weighted by Crippen LogP contribution is -2.35. The molecule has 24 heavy (non-hydrogen) atoms. The maximum absolute atomic E-state index is 11.6. The molecule has 0 aliphatic heterocycles. The number of oxime groups is 1. The molecule has 0 aromatic heterocycles. The van der Waals surface area contributed by atoms with E-state index in [1.807, 2.05) is 30.3 Å². The van der Waals surface area contributed by atoms with Crippen LogP contribution >= 0.6 is 0 Å². The van der Waals surface area contributed by atoms with Crippen molar-refractivity contribution in [3.63, 3.8) is 0 Å². The van der Waals surface area contributed by atoms with Crippen molar-refractivity contribution < 1.29 is 24.2 Å². The molecule has 0 aliphatic rings. The Morgan fingerprint density at radius 1 is 1.04 bits per heavy atom. The second-order valence-corrected chi connectivity index (χ2v) is 4.72. The highest BCUT2D eigenvalue weighted by atomic mass is 16.7. The SMILES string of the molecule is CNC(=NO)OC(Oc1ccc(Oc2ccccc2)cc1)C(C)=O. The normalized spacial score (nSPS) is 12.2. The van der Waals surface area contributed by atoms with E-state index in [4.69, 9.17) is 19.4 Å². The zero-order valence-electron chi connectivity index (χ0n) is 13.3. The highest BCUT2D eigenvalue weighted by molar-refractivity contribution is 5.83. The standard InChI is InChI=1S/C17H18N2O5/c1-12(20)16(24-17(18-2)19-21)23-15-10-8-14(9-11-15)22-13-6-4-3-5-7-13/h3-11,16,21H,1-2H3,(H,18,19). The Hall–Kier alpha value is -3.22. The van der Waals surface area contributed by atoms with E-state index in [1.54, 1.807) is 24.3 Å². The third kappa shape index (κ3) is 4.91. The molecule has 126 valence electrons. The first-order valence-corrected chi connectivity index (χ1v) is 7.19. The van der Waals surface area contributed by atoms with Crippen LogP contribution in [0.1, 0.15) is 6.92 Å². The predicted octanol–water partition coefficient (Wildman–Crippen LogP) is 2.75. The third-order valence-electron chi connectivity index (χ3n) is 2.90. The van der Waals surface area contributed by atoms with E-state index in [0.717, 1.165) is 0 Å². The van der Waals surface area contributed by atoms with Crippen molar-refractivity contribution in [2.24, 2.45) is 5.16 Å². The van der Waals surface area contributed by atoms with Gasteiger partial charge in [-0.25, -0.2) is 0 Å². The summed E-state index contributed by atoms with van der Waals surface area (Å²) in [5, 5.41) is 14.1. The number of rotatable bonds is 6. The predicted molar refractivity (Wildman–Crippen MR) is 87.4 cm³/mol. The van der Waals surface area contributed by atoms with Crippen LogP contribution in [0.2, 0.25) is 0 Å². The molecule has 1 atom stereocenters. The highest BCUT2D eigenvalue weighted by Crippen LogP contribution is 2.24. The minimum Gasteiger partial charge on any atom is -0.457 e. The van der Waals surface area contributed by atoms with Crippen molar-refractivity contribution in [3.05, 3.63) is 54.6 Å². The number of ketones is 1. The lowest BCUT2D eigenvalue weighted by Gasteiger charge is -2.18. The third-order valence-corrected chi connectivity index (χ3v) is 2.90. The molecule has 2 N–H and O–H groups in total. The summed E-state index contributed by atoms with van der Waals surface area (Å²) in [4.78, 5) is 11.6. The first-order valence-electron chi connectivity index (χ1n) is 7.19. The topological polar surface area (TPSA) is 89.4 Å². The second-order valence-electron chi connectivity index (χ2n) is 4.72. The molecular formula is C17H18N2O5. The Labute approximate surface area is 139 Å². The van der Waals surface area contributed by atoms with Gasteiger partial charge in [-0.1, -0.05) is 18.2 Å². The fourth-order valence-electron chi connectivity index (χ4n) is 1.76. The maximum atomic E-state index is 11.6. The van der Waals surface area contributed by atoms with E-state index < -0.39 is 6.29 Å². The average molecular weight is 330 g/mol. The largest absolute Gasteiger partial charge is 0.457 e. The maximum Gasteiger partial charge on any atom is 0.327 e. The quantitative estimate of drug-likeness (QED) is 0.278. The molecular weight excluding hydrogens is 312 g/mol. The van der Waals surface area contributed by atoms with E-state index in [9.17, 15) is 4.79 Å². The van der Waals surface area contributed by atoms with Gasteiger partial charge in [0.05, 0.1) is 0 Å². The number of carbonyl (C=O) groups excluding carboxylic acids is 1. The molecule has 7 nitrogen and oxygen atoms in total. The van der Waals surface area contributed by atoms with Gasteiger partial charge in [0.25, 0.3) is 0 Å². The molecule has 7 heteroatoms. The molecule has 2 aromatic carbocycles. The van der Waals surface area contributed by atoms with Crippen LogP contribution in [0.4, 0.5) is 0 Å². The molecule has 0 spiro atoms. The van der Waals surface area contributed by atoms with Gasteiger partial charge in [-0.15, -0.1) is 0 Å². The van der Waals surface area contributed by atoms with Crippen molar-refractivity contribution in [2.45, 2.75) is 13.2 Å². The average Bonchev–Trinajstić information content (AvgIpc) is 2.60. The van der Waals surface area contributed by atoms with E-state index in [1.165, 1.54) is 14.0 Å². The monoisotopic (exact) mass is 330 g/mol. The van der Waals surface area contributed by atoms with Crippen LogP contribution < -0.4 is 14.8 Å². The summed E-state index contributed by atoms with van der Waals surface area (Å²) in [6.07, 6.45) is -1.23. The first-order chi connectivity index (χ1) is 11.6. The van der Waals surface area contributed by atoms with Crippen LogP contribution in [0.15, 0.2) is 59.8 Å². The molecule has 0 aliphatic carbocycles. The number of ether oxygens (including phenoxy) is 3. The summed E-state index contributed by atoms with van der Waals surface area (Å²) in [5.41, 5.74) is 0. The van der Waals surface area contributed by atoms with Crippen molar-refractivity contribution in [2.75, 3.05) is 7.05 Å². The van der Waals surface area contributed by atoms with Crippen molar-refractivity contribution in [1.82, 2.24) is 5.32 Å². The van der Waals surface area contributed by atoms with E-state index in [0.29, 0.717) is 17.2 Å². The molecule has 0 radical (unpaired) electrons. The number of amidine groups is 1. The Kier molecular flexibility index (Phi) is 6.01. The highest BCUT2D eigenvalue weighted by Gasteiger charge is 2.20. The van der Waals surface area contributed by atoms with Gasteiger partial charge in [-0.05, 0) is 41.6 Å². The van der Waals surface area contributed by atoms with Crippen molar-refractivity contribution in [3.8, 4) is 17.2 Å². The molecule has 0 heterocycles. The number of nitrogens with zero attached hydrogens (tertiary/aromatic N) is 1. The smallest absolute Gasteiger partial charge is 0.327 e. The summed E-state index contributed by atoms with van der Waals surface area (Å²) in [5.74, 6) is 1.37. The molecule has 2 rings (SSSR count). The van der Waals surface area contributed by atoms with Crippen LogP contribution in [0.25, 0.3) is 0 Å². The lowest BCUT2D eigenvalue weighted by molar-refractivity contribution is -0.137. The molecule has 2 aromatic rings. The Bertz CT molecular complexity index is 686. The van der Waals surface area contributed by atoms with Crippen LogP contribution in [0, 0.1) is 0 Å². The van der Waals surface area contributed by atoms with Crippen LogP contribution in [0.3, 0.4) is 0 Å². The number of hydrogen-bond acceptors (Lipinski definition) is 6. The van der Waals surface area contributed by atoms with Gasteiger partial charge in [0.1, 0.15) is 17.2 Å². The zero-order chi connectivity index (χ0) is 17.4. The number of Topliss-reactive ketones (excluding diaryl/α,β-unsaturated/α-hetero) is 1. The summed E-state index contributed by atoms with van der Waals surface area (Å²) in [6.45, 7) is 1.31. The van der Waals surface area contributed by atoms with Gasteiger partial charge >= 0.3 is 12.3 Å². The fraction of sp³-hybridized carbons (Fsp3) is 0.176. The second kappa shape index (κ2) is 8.42. The van der Waals surface area contributed by atoms with Gasteiger partial charge in [0.2, 0.25) is 5.78 Å². The summed E-state index contributed by atoms with van der Waals surface area (Å²) in [7, 11) is 1.49. The first kappa shape index (κ1) is 17.1. The minimum absolute atomic E-state index is 0.223. The number of nitrogens with one attached hydrogen (secondary N) is 1. The zero-order valence-corrected chi connectivity index (χ0v) is 13.3.